The van der Waals surface area contributed by atoms with Crippen LogP contribution in [0.1, 0.15) is 32.6 Å². The highest BCUT2D eigenvalue weighted by Gasteiger charge is 2.20. The number of halogens is 1. The minimum absolute atomic E-state index is 0.246. The van der Waals surface area contributed by atoms with Gasteiger partial charge >= 0.3 is 0 Å². The van der Waals surface area contributed by atoms with Crippen molar-refractivity contribution in [3.8, 4) is 5.75 Å². The van der Waals surface area contributed by atoms with Gasteiger partial charge in [0.2, 0.25) is 5.95 Å². The van der Waals surface area contributed by atoms with Gasteiger partial charge in [0.25, 0.3) is 0 Å². The lowest BCUT2D eigenvalue weighted by Gasteiger charge is -2.27. The largest absolute Gasteiger partial charge is 0.490 e. The molecule has 2 rings (SSSR count). The van der Waals surface area contributed by atoms with Crippen LogP contribution in [0, 0.1) is 11.9 Å². The number of hydrogen-bond donors (Lipinski definition) is 0. The van der Waals surface area contributed by atoms with Crippen LogP contribution in [0.3, 0.4) is 0 Å². The van der Waals surface area contributed by atoms with Crippen LogP contribution in [-0.4, -0.2) is 11.1 Å². The van der Waals surface area contributed by atoms with E-state index in [2.05, 4.69) is 11.9 Å². The molecule has 0 N–H and O–H groups in total. The number of pyridine rings is 1. The molecule has 2 atom stereocenters. The van der Waals surface area contributed by atoms with Crippen molar-refractivity contribution in [2.45, 2.75) is 38.7 Å². The Bertz CT molecular complexity index is 329. The van der Waals surface area contributed by atoms with Gasteiger partial charge in [-0.25, -0.2) is 4.98 Å². The lowest BCUT2D eigenvalue weighted by Crippen LogP contribution is -2.24. The quantitative estimate of drug-likeness (QED) is 0.698. The van der Waals surface area contributed by atoms with Crippen LogP contribution in [0.15, 0.2) is 18.3 Å². The molecule has 0 radical (unpaired) electrons. The van der Waals surface area contributed by atoms with Gasteiger partial charge < -0.3 is 4.74 Å². The predicted molar refractivity (Wildman–Crippen MR) is 56.2 cm³/mol. The average Bonchev–Trinajstić information content (AvgIpc) is 2.17. The summed E-state index contributed by atoms with van der Waals surface area (Å²) in [6.45, 7) is 2.24. The monoisotopic (exact) mass is 209 g/mol. The summed E-state index contributed by atoms with van der Waals surface area (Å²) in [5, 5.41) is 0. The first-order chi connectivity index (χ1) is 7.24. The predicted octanol–water partition coefficient (Wildman–Crippen LogP) is 3.18. The smallest absolute Gasteiger partial charge is 0.216 e. The molecule has 0 aliphatic heterocycles. The van der Waals surface area contributed by atoms with Crippen molar-refractivity contribution >= 4 is 0 Å². The molecule has 1 aromatic heterocycles. The van der Waals surface area contributed by atoms with Crippen LogP contribution >= 0.6 is 0 Å². The van der Waals surface area contributed by atoms with Crippen molar-refractivity contribution in [1.29, 1.82) is 0 Å². The molecular formula is C12H16FNO. The Balaban J connectivity index is 1.96. The highest BCUT2D eigenvalue weighted by atomic mass is 19.1. The Labute approximate surface area is 89.5 Å². The molecule has 0 amide bonds. The first kappa shape index (κ1) is 10.4. The maximum absolute atomic E-state index is 12.8. The van der Waals surface area contributed by atoms with Crippen LogP contribution in [-0.2, 0) is 0 Å². The first-order valence-electron chi connectivity index (χ1n) is 5.52. The molecule has 2 nitrogen and oxygen atoms in total. The Hall–Kier alpha value is -1.12. The summed E-state index contributed by atoms with van der Waals surface area (Å²) in [7, 11) is 0. The van der Waals surface area contributed by atoms with E-state index in [1.807, 2.05) is 0 Å². The molecule has 1 aliphatic carbocycles. The number of hydrogen-bond acceptors (Lipinski definition) is 2. The van der Waals surface area contributed by atoms with Crippen molar-refractivity contribution in [3.63, 3.8) is 0 Å². The van der Waals surface area contributed by atoms with Gasteiger partial charge in [-0.2, -0.15) is 4.39 Å². The molecule has 1 saturated carbocycles. The van der Waals surface area contributed by atoms with Gasteiger partial charge in [-0.05, 0) is 31.2 Å². The van der Waals surface area contributed by atoms with E-state index < -0.39 is 5.95 Å². The number of ether oxygens (including phenoxy) is 1. The highest BCUT2D eigenvalue weighted by molar-refractivity contribution is 5.18. The van der Waals surface area contributed by atoms with Crippen molar-refractivity contribution in [3.05, 3.63) is 24.3 Å². The summed E-state index contributed by atoms with van der Waals surface area (Å²) >= 11 is 0. The van der Waals surface area contributed by atoms with Crippen molar-refractivity contribution < 1.29 is 9.13 Å². The Morgan fingerprint density at radius 2 is 2.33 bits per heavy atom. The second-order valence-electron chi connectivity index (χ2n) is 4.33. The Morgan fingerprint density at radius 3 is 3.07 bits per heavy atom. The van der Waals surface area contributed by atoms with E-state index in [4.69, 9.17) is 4.74 Å². The van der Waals surface area contributed by atoms with Crippen LogP contribution in [0.2, 0.25) is 0 Å². The molecule has 3 heteroatoms. The fourth-order valence-electron chi connectivity index (χ4n) is 2.14. The second kappa shape index (κ2) is 4.60. The van der Waals surface area contributed by atoms with Crippen LogP contribution < -0.4 is 4.74 Å². The first-order valence-corrected chi connectivity index (χ1v) is 5.52. The summed E-state index contributed by atoms with van der Waals surface area (Å²) in [5.74, 6) is 0.841. The average molecular weight is 209 g/mol. The zero-order valence-electron chi connectivity index (χ0n) is 8.95. The van der Waals surface area contributed by atoms with Gasteiger partial charge in [0, 0.05) is 12.3 Å². The third kappa shape index (κ3) is 2.91. The summed E-state index contributed by atoms with van der Waals surface area (Å²) < 4.78 is 18.5. The van der Waals surface area contributed by atoms with Gasteiger partial charge in [-0.15, -0.1) is 0 Å². The third-order valence-corrected chi connectivity index (χ3v) is 2.89. The van der Waals surface area contributed by atoms with Gasteiger partial charge in [0.1, 0.15) is 5.75 Å². The van der Waals surface area contributed by atoms with Crippen LogP contribution in [0.5, 0.6) is 5.75 Å². The van der Waals surface area contributed by atoms with E-state index >= 15 is 0 Å². The summed E-state index contributed by atoms with van der Waals surface area (Å²) in [4.78, 5) is 3.50. The van der Waals surface area contributed by atoms with E-state index in [0.717, 1.165) is 18.8 Å². The fourth-order valence-corrected chi connectivity index (χ4v) is 2.14. The fraction of sp³-hybridized carbons (Fsp3) is 0.583. The minimum atomic E-state index is -0.476. The van der Waals surface area contributed by atoms with E-state index in [-0.39, 0.29) is 6.10 Å². The SMILES string of the molecule is CC1CCCC(Oc2ccnc(F)c2)C1. The summed E-state index contributed by atoms with van der Waals surface area (Å²) in [6.07, 6.45) is 6.33. The molecular weight excluding hydrogens is 193 g/mol. The second-order valence-corrected chi connectivity index (χ2v) is 4.33. The lowest BCUT2D eigenvalue weighted by molar-refractivity contribution is 0.128. The Morgan fingerprint density at radius 1 is 1.47 bits per heavy atom. The van der Waals surface area contributed by atoms with E-state index in [1.54, 1.807) is 6.07 Å². The third-order valence-electron chi connectivity index (χ3n) is 2.89. The number of rotatable bonds is 2. The topological polar surface area (TPSA) is 22.1 Å². The summed E-state index contributed by atoms with van der Waals surface area (Å²) in [5.41, 5.74) is 0. The van der Waals surface area contributed by atoms with Gasteiger partial charge in [0.15, 0.2) is 0 Å². The molecule has 0 saturated heterocycles. The van der Waals surface area contributed by atoms with Gasteiger partial charge in [0.05, 0.1) is 6.10 Å². The van der Waals surface area contributed by atoms with E-state index in [0.29, 0.717) is 5.75 Å². The zero-order valence-corrected chi connectivity index (χ0v) is 8.95. The maximum Gasteiger partial charge on any atom is 0.216 e. The molecule has 15 heavy (non-hydrogen) atoms. The maximum atomic E-state index is 12.8. The molecule has 0 bridgehead atoms. The molecule has 82 valence electrons. The van der Waals surface area contributed by atoms with Crippen LogP contribution in [0.4, 0.5) is 4.39 Å². The molecule has 0 aromatic carbocycles. The van der Waals surface area contributed by atoms with E-state index in [1.165, 1.54) is 25.1 Å². The van der Waals surface area contributed by atoms with Crippen molar-refractivity contribution in [2.24, 2.45) is 5.92 Å². The highest BCUT2D eigenvalue weighted by Crippen LogP contribution is 2.27. The standard InChI is InChI=1S/C12H16FNO/c1-9-3-2-4-10(7-9)15-11-5-6-14-12(13)8-11/h5-6,8-10H,2-4,7H2,1H3. The molecule has 1 heterocycles. The molecule has 0 spiro atoms. The lowest BCUT2D eigenvalue weighted by atomic mass is 9.89. The van der Waals surface area contributed by atoms with Crippen molar-refractivity contribution in [2.75, 3.05) is 0 Å². The van der Waals surface area contributed by atoms with Gasteiger partial charge in [-0.3, -0.25) is 0 Å². The normalized spacial score (nSPS) is 26.3. The zero-order chi connectivity index (χ0) is 10.7. The molecule has 1 fully saturated rings. The van der Waals surface area contributed by atoms with Gasteiger partial charge in [-0.1, -0.05) is 13.3 Å². The Kier molecular flexibility index (Phi) is 3.19. The molecule has 2 unspecified atom stereocenters. The summed E-state index contributed by atoms with van der Waals surface area (Å²) in [6, 6.07) is 3.06. The number of aromatic nitrogens is 1. The number of nitrogens with zero attached hydrogens (tertiary/aromatic N) is 1. The van der Waals surface area contributed by atoms with Crippen LogP contribution in [0.25, 0.3) is 0 Å². The molecule has 1 aromatic rings. The van der Waals surface area contributed by atoms with Crippen molar-refractivity contribution in [1.82, 2.24) is 4.98 Å². The van der Waals surface area contributed by atoms with E-state index in [9.17, 15) is 4.39 Å². The molecule has 1 aliphatic rings. The minimum Gasteiger partial charge on any atom is -0.490 e.